The van der Waals surface area contributed by atoms with Crippen LogP contribution in [0.3, 0.4) is 0 Å². The van der Waals surface area contributed by atoms with Crippen LogP contribution >= 0.6 is 11.3 Å². The number of benzene rings is 1. The average Bonchev–Trinajstić information content (AvgIpc) is 2.84. The van der Waals surface area contributed by atoms with E-state index in [-0.39, 0.29) is 5.91 Å². The van der Waals surface area contributed by atoms with Crippen molar-refractivity contribution in [2.45, 2.75) is 19.9 Å². The Hall–Kier alpha value is -1.68. The number of rotatable bonds is 4. The molecule has 0 bridgehead atoms. The summed E-state index contributed by atoms with van der Waals surface area (Å²) in [6.45, 7) is 2.72. The highest BCUT2D eigenvalue weighted by Gasteiger charge is 2.11. The monoisotopic (exact) mass is 260 g/mol. The molecular weight excluding hydrogens is 244 g/mol. The van der Waals surface area contributed by atoms with E-state index in [1.54, 1.807) is 16.6 Å². The van der Waals surface area contributed by atoms with Crippen molar-refractivity contribution in [3.8, 4) is 0 Å². The number of carbonyl (C=O) groups is 1. The summed E-state index contributed by atoms with van der Waals surface area (Å²) in [5.74, 6) is 0.127. The maximum Gasteiger partial charge on any atom is 0.227 e. The number of nitrogens with zero attached hydrogens (tertiary/aromatic N) is 2. The van der Waals surface area contributed by atoms with Gasteiger partial charge >= 0.3 is 0 Å². The molecule has 0 spiro atoms. The molecule has 0 saturated heterocycles. The van der Waals surface area contributed by atoms with Crippen molar-refractivity contribution in [1.82, 2.24) is 9.88 Å². The first kappa shape index (κ1) is 12.8. The fraction of sp³-hybridized carbons (Fsp3) is 0.286. The molecule has 1 aromatic carbocycles. The van der Waals surface area contributed by atoms with Crippen LogP contribution in [0.2, 0.25) is 0 Å². The first-order valence-corrected chi connectivity index (χ1v) is 6.70. The van der Waals surface area contributed by atoms with Crippen molar-refractivity contribution < 1.29 is 4.79 Å². The van der Waals surface area contributed by atoms with Crippen LogP contribution in [-0.2, 0) is 17.8 Å². The summed E-state index contributed by atoms with van der Waals surface area (Å²) in [5, 5.41) is 0. The second-order valence-electron chi connectivity index (χ2n) is 4.32. The van der Waals surface area contributed by atoms with E-state index in [0.717, 1.165) is 4.88 Å². The van der Waals surface area contributed by atoms with E-state index in [1.807, 2.05) is 19.2 Å². The molecule has 0 fully saturated rings. The lowest BCUT2D eigenvalue weighted by Gasteiger charge is -2.18. The highest BCUT2D eigenvalue weighted by atomic mass is 32.1. The molecule has 0 aliphatic carbocycles. The van der Waals surface area contributed by atoms with Gasteiger partial charge in [-0.15, -0.1) is 11.3 Å². The summed E-state index contributed by atoms with van der Waals surface area (Å²) in [4.78, 5) is 18.8. The van der Waals surface area contributed by atoms with E-state index >= 15 is 0 Å². The fourth-order valence-corrected chi connectivity index (χ4v) is 2.33. The van der Waals surface area contributed by atoms with Crippen LogP contribution in [0.1, 0.15) is 16.0 Å². The minimum absolute atomic E-state index is 0.127. The Kier molecular flexibility index (Phi) is 4.10. The molecule has 0 unspecified atom stereocenters. The predicted octanol–water partition coefficient (Wildman–Crippen LogP) is 2.65. The zero-order valence-corrected chi connectivity index (χ0v) is 11.4. The van der Waals surface area contributed by atoms with E-state index in [1.165, 1.54) is 22.5 Å². The van der Waals surface area contributed by atoms with Crippen molar-refractivity contribution in [3.05, 3.63) is 52.0 Å². The van der Waals surface area contributed by atoms with Gasteiger partial charge in [-0.2, -0.15) is 0 Å². The molecule has 94 valence electrons. The molecule has 2 aromatic rings. The first-order valence-electron chi connectivity index (χ1n) is 5.82. The van der Waals surface area contributed by atoms with E-state index < -0.39 is 0 Å². The average molecular weight is 260 g/mol. The lowest BCUT2D eigenvalue weighted by Crippen LogP contribution is -2.27. The number of aryl methyl sites for hydroxylation is 1. The molecule has 1 amide bonds. The molecule has 0 N–H and O–H groups in total. The maximum atomic E-state index is 12.0. The Labute approximate surface area is 111 Å². The molecule has 0 aliphatic rings. The zero-order chi connectivity index (χ0) is 13.0. The van der Waals surface area contributed by atoms with Gasteiger partial charge in [-0.3, -0.25) is 9.78 Å². The third-order valence-electron chi connectivity index (χ3n) is 2.90. The smallest absolute Gasteiger partial charge is 0.227 e. The number of hydrogen-bond donors (Lipinski definition) is 0. The maximum absolute atomic E-state index is 12.0. The van der Waals surface area contributed by atoms with Crippen LogP contribution in [0.15, 0.2) is 36.0 Å². The summed E-state index contributed by atoms with van der Waals surface area (Å²) >= 11 is 1.52. The number of thiazole rings is 1. The van der Waals surface area contributed by atoms with Gasteiger partial charge in [0.05, 0.1) is 11.9 Å². The molecule has 0 atom stereocenters. The third-order valence-corrected chi connectivity index (χ3v) is 3.68. The molecule has 4 heteroatoms. The fourth-order valence-electron chi connectivity index (χ4n) is 1.74. The lowest BCUT2D eigenvalue weighted by molar-refractivity contribution is -0.129. The molecule has 1 heterocycles. The minimum Gasteiger partial charge on any atom is -0.341 e. The highest BCUT2D eigenvalue weighted by Crippen LogP contribution is 2.12. The van der Waals surface area contributed by atoms with Gasteiger partial charge in [-0.05, 0) is 18.1 Å². The Morgan fingerprint density at radius 1 is 1.39 bits per heavy atom. The van der Waals surface area contributed by atoms with Crippen LogP contribution < -0.4 is 0 Å². The van der Waals surface area contributed by atoms with Crippen molar-refractivity contribution in [2.24, 2.45) is 0 Å². The van der Waals surface area contributed by atoms with Crippen LogP contribution in [0, 0.1) is 6.92 Å². The summed E-state index contributed by atoms with van der Waals surface area (Å²) < 4.78 is 0. The molecule has 0 aliphatic heterocycles. The van der Waals surface area contributed by atoms with Crippen LogP contribution in [0.25, 0.3) is 0 Å². The normalized spacial score (nSPS) is 10.3. The summed E-state index contributed by atoms with van der Waals surface area (Å²) in [7, 11) is 1.84. The van der Waals surface area contributed by atoms with Gasteiger partial charge in [0.15, 0.2) is 0 Å². The first-order chi connectivity index (χ1) is 8.66. The Balaban J connectivity index is 1.97. The summed E-state index contributed by atoms with van der Waals surface area (Å²) in [6.07, 6.45) is 2.19. The zero-order valence-electron chi connectivity index (χ0n) is 10.6. The molecule has 3 nitrogen and oxygen atoms in total. The van der Waals surface area contributed by atoms with E-state index in [2.05, 4.69) is 24.0 Å². The number of aromatic nitrogens is 1. The Morgan fingerprint density at radius 2 is 2.17 bits per heavy atom. The van der Waals surface area contributed by atoms with Gasteiger partial charge in [-0.25, -0.2) is 0 Å². The number of amides is 1. The Morgan fingerprint density at radius 3 is 2.83 bits per heavy atom. The van der Waals surface area contributed by atoms with Gasteiger partial charge in [-0.1, -0.05) is 24.3 Å². The van der Waals surface area contributed by atoms with Crippen molar-refractivity contribution in [2.75, 3.05) is 7.05 Å². The van der Waals surface area contributed by atoms with Crippen molar-refractivity contribution in [1.29, 1.82) is 0 Å². The molecular formula is C14H16N2OS. The number of likely N-dealkylation sites (N-methyl/N-ethyl adjacent to an activating group) is 1. The van der Waals surface area contributed by atoms with Gasteiger partial charge in [0.1, 0.15) is 0 Å². The molecule has 0 radical (unpaired) electrons. The summed E-state index contributed by atoms with van der Waals surface area (Å²) in [5.41, 5.74) is 4.16. The van der Waals surface area contributed by atoms with Crippen LogP contribution in [0.4, 0.5) is 0 Å². The molecule has 0 saturated carbocycles. The lowest BCUT2D eigenvalue weighted by atomic mass is 10.1. The molecule has 18 heavy (non-hydrogen) atoms. The summed E-state index contributed by atoms with van der Waals surface area (Å²) in [6, 6.07) is 8.14. The number of hydrogen-bond acceptors (Lipinski definition) is 3. The Bertz CT molecular complexity index is 522. The second kappa shape index (κ2) is 5.78. The highest BCUT2D eigenvalue weighted by molar-refractivity contribution is 7.09. The third kappa shape index (κ3) is 3.17. The quantitative estimate of drug-likeness (QED) is 0.846. The predicted molar refractivity (Wildman–Crippen MR) is 73.5 cm³/mol. The minimum atomic E-state index is 0.127. The number of carbonyl (C=O) groups excluding carboxylic acids is 1. The van der Waals surface area contributed by atoms with Gasteiger partial charge < -0.3 is 4.90 Å². The molecule has 2 rings (SSSR count). The van der Waals surface area contributed by atoms with E-state index in [9.17, 15) is 4.79 Å². The van der Waals surface area contributed by atoms with Crippen molar-refractivity contribution >= 4 is 17.2 Å². The van der Waals surface area contributed by atoms with Crippen molar-refractivity contribution in [3.63, 3.8) is 0 Å². The van der Waals surface area contributed by atoms with Crippen LogP contribution in [0.5, 0.6) is 0 Å². The SMILES string of the molecule is Cc1ccccc1CN(C)C(=O)Cc1cncs1. The van der Waals surface area contributed by atoms with Gasteiger partial charge in [0.25, 0.3) is 0 Å². The van der Waals surface area contributed by atoms with E-state index in [0.29, 0.717) is 13.0 Å². The topological polar surface area (TPSA) is 33.2 Å². The second-order valence-corrected chi connectivity index (χ2v) is 5.29. The van der Waals surface area contributed by atoms with E-state index in [4.69, 9.17) is 0 Å². The largest absolute Gasteiger partial charge is 0.341 e. The van der Waals surface area contributed by atoms with Gasteiger partial charge in [0, 0.05) is 24.7 Å². The standard InChI is InChI=1S/C14H16N2OS/c1-11-5-3-4-6-12(11)9-16(2)14(17)7-13-8-15-10-18-13/h3-6,8,10H,7,9H2,1-2H3. The van der Waals surface area contributed by atoms with Crippen LogP contribution in [-0.4, -0.2) is 22.8 Å². The van der Waals surface area contributed by atoms with Gasteiger partial charge in [0.2, 0.25) is 5.91 Å². The molecule has 1 aromatic heterocycles.